The van der Waals surface area contributed by atoms with Crippen molar-refractivity contribution in [2.24, 2.45) is 4.99 Å². The maximum atomic E-state index is 5.21. The van der Waals surface area contributed by atoms with Crippen LogP contribution in [0.25, 0.3) is 0 Å². The number of aliphatic imine (C=N–C) groups is 1. The molecule has 0 aromatic heterocycles. The number of benzene rings is 1. The van der Waals surface area contributed by atoms with E-state index in [1.54, 1.807) is 18.2 Å². The first-order chi connectivity index (χ1) is 5.90. The van der Waals surface area contributed by atoms with Gasteiger partial charge in [0.05, 0.1) is 0 Å². The number of hydrogen-bond donors (Lipinski definition) is 1. The topological polar surface area (TPSA) is 33.6 Å². The molecule has 1 aromatic carbocycles. The number of rotatable bonds is 0. The fraction of sp³-hybridized carbons (Fsp3) is 0. The Kier molecular flexibility index (Phi) is 1.45. The first-order valence-corrected chi connectivity index (χ1v) is 3.38. The Morgan fingerprint density at radius 2 is 2.50 bits per heavy atom. The number of nitrogens with one attached hydrogen (secondary N) is 1. The van der Waals surface area contributed by atoms with E-state index in [0.29, 0.717) is 5.75 Å². The summed E-state index contributed by atoms with van der Waals surface area (Å²) in [5.41, 5.74) is 3.91. The third kappa shape index (κ3) is 0.995. The van der Waals surface area contributed by atoms with E-state index < -0.39 is 0 Å². The van der Waals surface area contributed by atoms with E-state index in [9.17, 15) is 0 Å². The third-order valence-corrected chi connectivity index (χ3v) is 1.51. The fourth-order valence-electron chi connectivity index (χ4n) is 0.939. The second-order valence-corrected chi connectivity index (χ2v) is 2.25. The van der Waals surface area contributed by atoms with Crippen LogP contribution >= 0.6 is 0 Å². The molecule has 57 valence electrons. The van der Waals surface area contributed by atoms with E-state index in [0.717, 1.165) is 11.3 Å². The molecule has 1 aliphatic rings. The van der Waals surface area contributed by atoms with Crippen LogP contribution in [0.5, 0.6) is 5.75 Å². The molecule has 1 aromatic rings. The average Bonchev–Trinajstić information content (AvgIpc) is 2.17. The van der Waals surface area contributed by atoms with E-state index in [-0.39, 0.29) is 0 Å². The van der Waals surface area contributed by atoms with Gasteiger partial charge in [-0.1, -0.05) is 5.92 Å². The van der Waals surface area contributed by atoms with Crippen molar-refractivity contribution in [3.63, 3.8) is 0 Å². The second-order valence-electron chi connectivity index (χ2n) is 2.25. The van der Waals surface area contributed by atoms with Crippen LogP contribution < -0.4 is 10.3 Å². The molecule has 0 spiro atoms. The van der Waals surface area contributed by atoms with Gasteiger partial charge in [0.25, 0.3) is 0 Å². The van der Waals surface area contributed by atoms with Crippen molar-refractivity contribution in [1.29, 1.82) is 0 Å². The van der Waals surface area contributed by atoms with Gasteiger partial charge in [-0.2, -0.15) is 5.48 Å². The summed E-state index contributed by atoms with van der Waals surface area (Å²) in [6.07, 6.45) is 7.69. The predicted molar refractivity (Wildman–Crippen MR) is 45.2 cm³/mol. The Bertz CT molecular complexity index is 377. The van der Waals surface area contributed by atoms with E-state index in [1.165, 1.54) is 0 Å². The third-order valence-electron chi connectivity index (χ3n) is 1.51. The molecule has 3 nitrogen and oxygen atoms in total. The van der Waals surface area contributed by atoms with Crippen molar-refractivity contribution in [2.75, 3.05) is 0 Å². The molecular weight excluding hydrogens is 152 g/mol. The van der Waals surface area contributed by atoms with Crippen LogP contribution in [0.1, 0.15) is 5.56 Å². The molecule has 1 radical (unpaired) electrons. The summed E-state index contributed by atoms with van der Waals surface area (Å²) in [6.45, 7) is 0. The number of nitrogens with zero attached hydrogens (tertiary/aromatic N) is 1. The highest BCUT2D eigenvalue weighted by Gasteiger charge is 2.06. The molecule has 0 bridgehead atoms. The minimum absolute atomic E-state index is 0.629. The molecule has 2 rings (SSSR count). The molecule has 1 heterocycles. The van der Waals surface area contributed by atoms with Crippen molar-refractivity contribution in [3.05, 3.63) is 23.8 Å². The van der Waals surface area contributed by atoms with Gasteiger partial charge in [-0.25, -0.2) is 4.99 Å². The molecule has 0 aliphatic carbocycles. The number of terminal acetylenes is 1. The van der Waals surface area contributed by atoms with Crippen LogP contribution in [0, 0.1) is 12.3 Å². The van der Waals surface area contributed by atoms with Gasteiger partial charge in [-0.15, -0.1) is 6.42 Å². The molecular formula is C9H5N2O. The quantitative estimate of drug-likeness (QED) is 0.572. The molecule has 0 unspecified atom stereocenters. The highest BCUT2D eigenvalue weighted by Crippen LogP contribution is 2.28. The van der Waals surface area contributed by atoms with Crippen LogP contribution in [0.15, 0.2) is 23.2 Å². The molecule has 0 saturated heterocycles. The van der Waals surface area contributed by atoms with Gasteiger partial charge in [0.1, 0.15) is 5.69 Å². The Morgan fingerprint density at radius 3 is 3.33 bits per heavy atom. The van der Waals surface area contributed by atoms with Gasteiger partial charge in [0, 0.05) is 11.6 Å². The summed E-state index contributed by atoms with van der Waals surface area (Å²) in [5, 5.41) is 0. The lowest BCUT2D eigenvalue weighted by Gasteiger charge is -2.10. The minimum Gasteiger partial charge on any atom is -0.378 e. The molecule has 3 heteroatoms. The second kappa shape index (κ2) is 2.59. The van der Waals surface area contributed by atoms with E-state index in [4.69, 9.17) is 11.3 Å². The Morgan fingerprint density at radius 1 is 1.58 bits per heavy atom. The van der Waals surface area contributed by atoms with Gasteiger partial charge in [0.15, 0.2) is 5.75 Å². The predicted octanol–water partition coefficient (Wildman–Crippen LogP) is 1.10. The average molecular weight is 157 g/mol. The van der Waals surface area contributed by atoms with Crippen LogP contribution in [0.3, 0.4) is 0 Å². The van der Waals surface area contributed by atoms with Gasteiger partial charge >= 0.3 is 0 Å². The van der Waals surface area contributed by atoms with Crippen molar-refractivity contribution >= 4 is 12.0 Å². The molecule has 0 saturated carbocycles. The highest BCUT2D eigenvalue weighted by molar-refractivity contribution is 5.68. The van der Waals surface area contributed by atoms with Crippen LogP contribution in [0.2, 0.25) is 0 Å². The normalized spacial score (nSPS) is 12.2. The summed E-state index contributed by atoms with van der Waals surface area (Å²) >= 11 is 0. The summed E-state index contributed by atoms with van der Waals surface area (Å²) in [4.78, 5) is 8.93. The van der Waals surface area contributed by atoms with Crippen molar-refractivity contribution in [2.45, 2.75) is 0 Å². The lowest BCUT2D eigenvalue weighted by atomic mass is 10.2. The van der Waals surface area contributed by atoms with Crippen LogP contribution in [0.4, 0.5) is 5.69 Å². The van der Waals surface area contributed by atoms with Gasteiger partial charge in [0.2, 0.25) is 6.34 Å². The standard InChI is InChI=1S/C9H5N2O/c1-2-7-3-4-8-9(5-7)12-11-6-10-8/h1,3-5H,(H,10,11). The maximum Gasteiger partial charge on any atom is 0.206 e. The maximum absolute atomic E-state index is 5.21. The number of fused-ring (bicyclic) bond motifs is 1. The van der Waals surface area contributed by atoms with Gasteiger partial charge in [-0.3, -0.25) is 0 Å². The SMILES string of the molecule is C#Cc1ccc2c(c1)ON[C]=N2. The van der Waals surface area contributed by atoms with Crippen LogP contribution in [-0.4, -0.2) is 6.34 Å². The van der Waals surface area contributed by atoms with E-state index in [2.05, 4.69) is 22.7 Å². The fourth-order valence-corrected chi connectivity index (χ4v) is 0.939. The zero-order valence-electron chi connectivity index (χ0n) is 6.16. The van der Waals surface area contributed by atoms with Crippen molar-refractivity contribution in [3.8, 4) is 18.1 Å². The molecule has 1 aliphatic heterocycles. The monoisotopic (exact) mass is 157 g/mol. The largest absolute Gasteiger partial charge is 0.378 e. The minimum atomic E-state index is 0.629. The number of hydrogen-bond acceptors (Lipinski definition) is 3. The zero-order chi connectivity index (χ0) is 8.39. The van der Waals surface area contributed by atoms with Gasteiger partial charge in [-0.05, 0) is 12.1 Å². The molecule has 0 atom stereocenters. The lowest BCUT2D eigenvalue weighted by Crippen LogP contribution is -2.18. The van der Waals surface area contributed by atoms with Crippen molar-refractivity contribution < 1.29 is 4.84 Å². The Labute approximate surface area is 70.0 Å². The smallest absolute Gasteiger partial charge is 0.206 e. The molecule has 0 fully saturated rings. The first-order valence-electron chi connectivity index (χ1n) is 3.38. The summed E-state index contributed by atoms with van der Waals surface area (Å²) in [7, 11) is 0. The Hall–Kier alpha value is -1.95. The van der Waals surface area contributed by atoms with E-state index in [1.807, 2.05) is 0 Å². The number of hydroxylamine groups is 1. The molecule has 1 N–H and O–H groups in total. The van der Waals surface area contributed by atoms with Crippen molar-refractivity contribution in [1.82, 2.24) is 5.48 Å². The molecule has 0 amide bonds. The van der Waals surface area contributed by atoms with E-state index >= 15 is 0 Å². The Balaban J connectivity index is 2.53. The summed E-state index contributed by atoms with van der Waals surface area (Å²) in [6, 6.07) is 5.34. The van der Waals surface area contributed by atoms with Gasteiger partial charge < -0.3 is 4.84 Å². The lowest BCUT2D eigenvalue weighted by molar-refractivity contribution is 0.263. The highest BCUT2D eigenvalue weighted by atomic mass is 16.6. The molecule has 12 heavy (non-hydrogen) atoms. The summed E-state index contributed by atoms with van der Waals surface area (Å²) < 4.78 is 0. The van der Waals surface area contributed by atoms with Crippen LogP contribution in [-0.2, 0) is 0 Å². The summed E-state index contributed by atoms with van der Waals surface area (Å²) in [5.74, 6) is 3.14. The first kappa shape index (κ1) is 6.74. The zero-order valence-corrected chi connectivity index (χ0v) is 6.16.